The summed E-state index contributed by atoms with van der Waals surface area (Å²) in [6, 6.07) is 13.5. The van der Waals surface area contributed by atoms with Gasteiger partial charge in [-0.05, 0) is 79.6 Å². The molecule has 4 rings (SSSR count). The Balaban J connectivity index is 1.49. The zero-order valence-corrected chi connectivity index (χ0v) is 20.0. The Hall–Kier alpha value is -4.18. The van der Waals surface area contributed by atoms with Gasteiger partial charge in [0.15, 0.2) is 0 Å². The number of carbonyl (C=O) groups is 3. The minimum Gasteiger partial charge on any atom is -0.456 e. The number of nitrogens with one attached hydrogen (secondary N) is 1. The van der Waals surface area contributed by atoms with Gasteiger partial charge in [0.05, 0.1) is 15.4 Å². The van der Waals surface area contributed by atoms with Crippen LogP contribution in [-0.2, 0) is 9.59 Å². The van der Waals surface area contributed by atoms with E-state index in [2.05, 4.69) is 5.32 Å². The maximum atomic E-state index is 12.8. The van der Waals surface area contributed by atoms with Gasteiger partial charge in [0.2, 0.25) is 5.91 Å². The average molecular weight is 492 g/mol. The van der Waals surface area contributed by atoms with Gasteiger partial charge >= 0.3 is 0 Å². The molecule has 9 nitrogen and oxygen atoms in total. The molecule has 0 unspecified atom stereocenters. The Morgan fingerprint density at radius 3 is 2.46 bits per heavy atom. The van der Waals surface area contributed by atoms with E-state index >= 15 is 0 Å². The summed E-state index contributed by atoms with van der Waals surface area (Å²) in [5.74, 6) is -0.601. The minimum absolute atomic E-state index is 0.0912. The number of rotatable bonds is 6. The van der Waals surface area contributed by atoms with E-state index in [9.17, 15) is 24.5 Å². The van der Waals surface area contributed by atoms with Gasteiger partial charge in [-0.1, -0.05) is 12.1 Å². The first-order chi connectivity index (χ1) is 16.6. The molecule has 10 heteroatoms. The van der Waals surface area contributed by atoms with Gasteiger partial charge in [0.25, 0.3) is 16.8 Å². The van der Waals surface area contributed by atoms with Crippen LogP contribution in [0.25, 0.3) is 17.4 Å². The summed E-state index contributed by atoms with van der Waals surface area (Å²) < 4.78 is 5.71. The number of carbonyl (C=O) groups excluding carboxylic acids is 3. The van der Waals surface area contributed by atoms with Crippen molar-refractivity contribution in [3.63, 3.8) is 0 Å². The highest BCUT2D eigenvalue weighted by atomic mass is 32.2. The van der Waals surface area contributed by atoms with Crippen LogP contribution >= 0.6 is 11.8 Å². The van der Waals surface area contributed by atoms with Crippen LogP contribution in [0.1, 0.15) is 22.5 Å². The zero-order valence-electron chi connectivity index (χ0n) is 19.2. The van der Waals surface area contributed by atoms with E-state index in [0.717, 1.165) is 21.6 Å². The number of thioether (sulfide) groups is 1. The third-order valence-electron chi connectivity index (χ3n) is 5.20. The van der Waals surface area contributed by atoms with Crippen molar-refractivity contribution in [2.75, 3.05) is 11.9 Å². The summed E-state index contributed by atoms with van der Waals surface area (Å²) >= 11 is 0.695. The number of nitrogens with zero attached hydrogens (tertiary/aromatic N) is 2. The SMILES string of the molecule is Cc1cc(C)cc(NC(=O)CN2C(=O)S/C(=C/c3ccc(-c4ccc(C)cc4[N+](=O)[O-])o3)C2=O)c1. The van der Waals surface area contributed by atoms with Gasteiger partial charge in [-0.25, -0.2) is 0 Å². The molecule has 3 aromatic rings. The second-order valence-corrected chi connectivity index (χ2v) is 9.17. The molecule has 0 saturated carbocycles. The first-order valence-electron chi connectivity index (χ1n) is 10.6. The molecule has 1 aliphatic rings. The van der Waals surface area contributed by atoms with Crippen molar-refractivity contribution in [3.05, 3.63) is 86.0 Å². The van der Waals surface area contributed by atoms with Crippen molar-refractivity contribution in [2.45, 2.75) is 20.8 Å². The quantitative estimate of drug-likeness (QED) is 0.276. The third kappa shape index (κ3) is 5.33. The van der Waals surface area contributed by atoms with Crippen LogP contribution in [0.15, 0.2) is 57.9 Å². The summed E-state index contributed by atoms with van der Waals surface area (Å²) in [6.45, 7) is 5.14. The van der Waals surface area contributed by atoms with Crippen molar-refractivity contribution < 1.29 is 23.7 Å². The molecule has 2 heterocycles. The standard InChI is InChI=1S/C25H21N3O6S/c1-14-4-6-19(20(11-14)28(32)33)21-7-5-18(34-21)12-22-24(30)27(25(31)35-22)13-23(29)26-17-9-15(2)8-16(3)10-17/h4-12H,13H2,1-3H3,(H,26,29)/b22-12+. The number of hydrogen-bond donors (Lipinski definition) is 1. The maximum Gasteiger partial charge on any atom is 0.294 e. The largest absolute Gasteiger partial charge is 0.456 e. The highest BCUT2D eigenvalue weighted by Crippen LogP contribution is 2.35. The van der Waals surface area contributed by atoms with Crippen molar-refractivity contribution >= 4 is 46.3 Å². The van der Waals surface area contributed by atoms with Gasteiger partial charge in [-0.3, -0.25) is 29.4 Å². The molecule has 0 bridgehead atoms. The lowest BCUT2D eigenvalue weighted by molar-refractivity contribution is -0.384. The third-order valence-corrected chi connectivity index (χ3v) is 6.10. The number of benzene rings is 2. The topological polar surface area (TPSA) is 123 Å². The molecule has 1 aliphatic heterocycles. The van der Waals surface area contributed by atoms with Crippen LogP contribution in [0.5, 0.6) is 0 Å². The molecule has 0 radical (unpaired) electrons. The first kappa shape index (κ1) is 24.0. The number of furan rings is 1. The second-order valence-electron chi connectivity index (χ2n) is 8.17. The fraction of sp³-hybridized carbons (Fsp3) is 0.160. The van der Waals surface area contributed by atoms with Crippen LogP contribution in [0, 0.1) is 30.9 Å². The molecule has 2 aromatic carbocycles. The highest BCUT2D eigenvalue weighted by Gasteiger charge is 2.36. The van der Waals surface area contributed by atoms with Crippen LogP contribution in [0.4, 0.5) is 16.2 Å². The molecular formula is C25H21N3O6S. The van der Waals surface area contributed by atoms with Gasteiger partial charge in [-0.15, -0.1) is 0 Å². The Morgan fingerprint density at radius 2 is 1.77 bits per heavy atom. The highest BCUT2D eigenvalue weighted by molar-refractivity contribution is 8.18. The lowest BCUT2D eigenvalue weighted by Gasteiger charge is -2.13. The molecule has 0 atom stereocenters. The van der Waals surface area contributed by atoms with E-state index in [-0.39, 0.29) is 22.1 Å². The van der Waals surface area contributed by atoms with Gasteiger partial charge in [0.1, 0.15) is 18.1 Å². The lowest BCUT2D eigenvalue weighted by Crippen LogP contribution is -2.36. The Bertz CT molecular complexity index is 1390. The summed E-state index contributed by atoms with van der Waals surface area (Å²) in [5, 5.41) is 13.6. The number of hydrogen-bond acceptors (Lipinski definition) is 7. The first-order valence-corrected chi connectivity index (χ1v) is 11.4. The number of aryl methyl sites for hydroxylation is 3. The van der Waals surface area contributed by atoms with Crippen LogP contribution in [0.2, 0.25) is 0 Å². The summed E-state index contributed by atoms with van der Waals surface area (Å²) in [7, 11) is 0. The molecule has 1 saturated heterocycles. The molecule has 0 aliphatic carbocycles. The van der Waals surface area contributed by atoms with Gasteiger partial charge in [0, 0.05) is 17.8 Å². The van der Waals surface area contributed by atoms with Crippen molar-refractivity contribution in [3.8, 4) is 11.3 Å². The number of nitro benzene ring substituents is 1. The molecular weight excluding hydrogens is 470 g/mol. The Labute approximate surface area is 204 Å². The van der Waals surface area contributed by atoms with Crippen molar-refractivity contribution in [2.24, 2.45) is 0 Å². The van der Waals surface area contributed by atoms with E-state index in [1.54, 1.807) is 43.3 Å². The number of anilines is 1. The minimum atomic E-state index is -0.616. The molecule has 0 spiro atoms. The van der Waals surface area contributed by atoms with Gasteiger partial charge < -0.3 is 9.73 Å². The van der Waals surface area contributed by atoms with Crippen LogP contribution < -0.4 is 5.32 Å². The molecule has 1 fully saturated rings. The smallest absolute Gasteiger partial charge is 0.294 e. The van der Waals surface area contributed by atoms with Crippen LogP contribution in [-0.4, -0.2) is 33.4 Å². The number of imide groups is 1. The molecule has 3 amide bonds. The average Bonchev–Trinajstić information content (AvgIpc) is 3.33. The summed E-state index contributed by atoms with van der Waals surface area (Å²) in [4.78, 5) is 49.5. The predicted octanol–water partition coefficient (Wildman–Crippen LogP) is 5.46. The van der Waals surface area contributed by atoms with E-state index in [0.29, 0.717) is 23.0 Å². The Kier molecular flexibility index (Phi) is 6.57. The predicted molar refractivity (Wildman–Crippen MR) is 133 cm³/mol. The summed E-state index contributed by atoms with van der Waals surface area (Å²) in [5.41, 5.74) is 3.48. The lowest BCUT2D eigenvalue weighted by atomic mass is 10.1. The molecule has 1 aromatic heterocycles. The zero-order chi connectivity index (χ0) is 25.3. The monoisotopic (exact) mass is 491 g/mol. The van der Waals surface area contributed by atoms with Crippen LogP contribution in [0.3, 0.4) is 0 Å². The van der Waals surface area contributed by atoms with E-state index < -0.39 is 28.5 Å². The summed E-state index contributed by atoms with van der Waals surface area (Å²) in [6.07, 6.45) is 1.39. The molecule has 35 heavy (non-hydrogen) atoms. The number of nitro groups is 1. The Morgan fingerprint density at radius 1 is 1.06 bits per heavy atom. The maximum absolute atomic E-state index is 12.8. The normalized spacial score (nSPS) is 14.6. The van der Waals surface area contributed by atoms with Gasteiger partial charge in [-0.2, -0.15) is 0 Å². The fourth-order valence-corrected chi connectivity index (χ4v) is 4.55. The van der Waals surface area contributed by atoms with E-state index in [1.807, 2.05) is 19.9 Å². The van der Waals surface area contributed by atoms with E-state index in [4.69, 9.17) is 4.42 Å². The molecule has 1 N–H and O–H groups in total. The van der Waals surface area contributed by atoms with E-state index in [1.165, 1.54) is 12.1 Å². The number of amides is 3. The van der Waals surface area contributed by atoms with Crippen molar-refractivity contribution in [1.29, 1.82) is 0 Å². The fourth-order valence-electron chi connectivity index (χ4n) is 3.73. The van der Waals surface area contributed by atoms with Crippen molar-refractivity contribution in [1.82, 2.24) is 4.90 Å². The second kappa shape index (κ2) is 9.59. The molecule has 178 valence electrons.